The first-order chi connectivity index (χ1) is 8.88. The van der Waals surface area contributed by atoms with Gasteiger partial charge in [-0.2, -0.15) is 13.2 Å². The van der Waals surface area contributed by atoms with Crippen molar-refractivity contribution in [2.45, 2.75) is 25.4 Å². The molecule has 0 spiro atoms. The van der Waals surface area contributed by atoms with Crippen molar-refractivity contribution in [3.8, 4) is 5.75 Å². The summed E-state index contributed by atoms with van der Waals surface area (Å²) in [6, 6.07) is 2.95. The number of benzene rings is 1. The van der Waals surface area contributed by atoms with E-state index in [2.05, 4.69) is 0 Å². The van der Waals surface area contributed by atoms with Crippen molar-refractivity contribution in [2.24, 2.45) is 5.92 Å². The Morgan fingerprint density at radius 1 is 1.37 bits per heavy atom. The van der Waals surface area contributed by atoms with Crippen molar-refractivity contribution in [1.82, 2.24) is 0 Å². The Balaban J connectivity index is 2.19. The maximum Gasteiger partial charge on any atom is 0.417 e. The largest absolute Gasteiger partial charge is 0.493 e. The van der Waals surface area contributed by atoms with Crippen LogP contribution >= 0.6 is 0 Å². The second kappa shape index (κ2) is 5.11. The summed E-state index contributed by atoms with van der Waals surface area (Å²) < 4.78 is 43.5. The first kappa shape index (κ1) is 13.7. The predicted molar refractivity (Wildman–Crippen MR) is 61.2 cm³/mol. The van der Waals surface area contributed by atoms with Crippen LogP contribution in [0.5, 0.6) is 5.75 Å². The van der Waals surface area contributed by atoms with Gasteiger partial charge in [0.2, 0.25) is 0 Å². The first-order valence-corrected chi connectivity index (χ1v) is 5.95. The van der Waals surface area contributed by atoms with Gasteiger partial charge in [0.15, 0.2) is 0 Å². The quantitative estimate of drug-likeness (QED) is 0.912. The van der Waals surface area contributed by atoms with Gasteiger partial charge in [-0.1, -0.05) is 6.42 Å². The van der Waals surface area contributed by atoms with Crippen molar-refractivity contribution in [3.05, 3.63) is 29.3 Å². The van der Waals surface area contributed by atoms with Crippen molar-refractivity contribution >= 4 is 5.97 Å². The molecule has 104 valence electrons. The highest BCUT2D eigenvalue weighted by Gasteiger charge is 2.35. The minimum absolute atomic E-state index is 0.0595. The van der Waals surface area contributed by atoms with Crippen molar-refractivity contribution in [1.29, 1.82) is 0 Å². The van der Waals surface area contributed by atoms with Crippen LogP contribution in [0.3, 0.4) is 0 Å². The summed E-state index contributed by atoms with van der Waals surface area (Å²) in [5, 5.41) is 8.74. The fourth-order valence-corrected chi connectivity index (χ4v) is 1.91. The molecule has 0 amide bonds. The molecule has 1 aliphatic carbocycles. The van der Waals surface area contributed by atoms with Crippen molar-refractivity contribution in [3.63, 3.8) is 0 Å². The van der Waals surface area contributed by atoms with Crippen molar-refractivity contribution in [2.75, 3.05) is 6.61 Å². The number of rotatable bonds is 4. The molecule has 0 radical (unpaired) electrons. The lowest BCUT2D eigenvalue weighted by Crippen LogP contribution is -2.19. The molecule has 0 heterocycles. The normalized spacial score (nSPS) is 15.9. The first-order valence-electron chi connectivity index (χ1n) is 5.95. The lowest BCUT2D eigenvalue weighted by molar-refractivity contribution is -0.138. The van der Waals surface area contributed by atoms with Gasteiger partial charge in [0.1, 0.15) is 5.75 Å². The smallest absolute Gasteiger partial charge is 0.417 e. The molecule has 0 aliphatic heterocycles. The Hall–Kier alpha value is -1.72. The predicted octanol–water partition coefficient (Wildman–Crippen LogP) is 3.58. The molecule has 1 N–H and O–H groups in total. The van der Waals surface area contributed by atoms with Crippen LogP contribution in [0.25, 0.3) is 0 Å². The van der Waals surface area contributed by atoms with E-state index in [1.54, 1.807) is 0 Å². The lowest BCUT2D eigenvalue weighted by atomic mass is 9.86. The molecule has 0 aromatic heterocycles. The van der Waals surface area contributed by atoms with Gasteiger partial charge in [0.05, 0.1) is 17.7 Å². The fourth-order valence-electron chi connectivity index (χ4n) is 1.91. The van der Waals surface area contributed by atoms with Crippen LogP contribution < -0.4 is 4.74 Å². The van der Waals surface area contributed by atoms with Crippen LogP contribution in [0, 0.1) is 5.92 Å². The number of halogens is 3. The van der Waals surface area contributed by atoms with Crippen LogP contribution in [-0.4, -0.2) is 17.7 Å². The minimum Gasteiger partial charge on any atom is -0.493 e. The van der Waals surface area contributed by atoms with Crippen LogP contribution in [0.2, 0.25) is 0 Å². The lowest BCUT2D eigenvalue weighted by Gasteiger charge is -2.25. The van der Waals surface area contributed by atoms with E-state index in [9.17, 15) is 18.0 Å². The maximum atomic E-state index is 12.7. The summed E-state index contributed by atoms with van der Waals surface area (Å²) in [5.74, 6) is -1.14. The van der Waals surface area contributed by atoms with E-state index in [-0.39, 0.29) is 5.75 Å². The highest BCUT2D eigenvalue weighted by Crippen LogP contribution is 2.35. The van der Waals surface area contributed by atoms with E-state index in [0.717, 1.165) is 31.4 Å². The fraction of sp³-hybridized carbons (Fsp3) is 0.462. The molecule has 3 nitrogen and oxygen atoms in total. The van der Waals surface area contributed by atoms with E-state index in [0.29, 0.717) is 12.5 Å². The third-order valence-electron chi connectivity index (χ3n) is 3.24. The Morgan fingerprint density at radius 2 is 2.05 bits per heavy atom. The minimum atomic E-state index is -4.70. The molecule has 0 bridgehead atoms. The maximum absolute atomic E-state index is 12.7. The van der Waals surface area contributed by atoms with Gasteiger partial charge in [-0.05, 0) is 37.0 Å². The number of ether oxygens (including phenoxy) is 1. The average Bonchev–Trinajstić information content (AvgIpc) is 2.25. The van der Waals surface area contributed by atoms with Gasteiger partial charge in [-0.25, -0.2) is 4.79 Å². The summed E-state index contributed by atoms with van der Waals surface area (Å²) in [6.45, 7) is 0.379. The van der Waals surface area contributed by atoms with E-state index in [1.807, 2.05) is 0 Å². The Bertz CT molecular complexity index is 479. The van der Waals surface area contributed by atoms with Gasteiger partial charge in [0, 0.05) is 0 Å². The van der Waals surface area contributed by atoms with Crippen LogP contribution in [-0.2, 0) is 6.18 Å². The Labute approximate surface area is 108 Å². The molecular weight excluding hydrogens is 261 g/mol. The summed E-state index contributed by atoms with van der Waals surface area (Å²) in [5.41, 5.74) is -1.94. The van der Waals surface area contributed by atoms with E-state index in [4.69, 9.17) is 9.84 Å². The van der Waals surface area contributed by atoms with E-state index < -0.39 is 23.3 Å². The second-order valence-electron chi connectivity index (χ2n) is 4.62. The molecule has 1 fully saturated rings. The average molecular weight is 274 g/mol. The number of carbonyl (C=O) groups is 1. The van der Waals surface area contributed by atoms with Gasteiger partial charge < -0.3 is 9.84 Å². The summed E-state index contributed by atoms with van der Waals surface area (Å²) >= 11 is 0. The SMILES string of the molecule is O=C(O)c1ccc(OCC2CCC2)cc1C(F)(F)F. The summed E-state index contributed by atoms with van der Waals surface area (Å²) in [4.78, 5) is 10.8. The van der Waals surface area contributed by atoms with E-state index in [1.165, 1.54) is 6.07 Å². The molecule has 6 heteroatoms. The van der Waals surface area contributed by atoms with Gasteiger partial charge in [-0.3, -0.25) is 0 Å². The zero-order valence-corrected chi connectivity index (χ0v) is 10.0. The molecule has 19 heavy (non-hydrogen) atoms. The number of alkyl halides is 3. The number of carboxylic acid groups (broad SMARTS) is 1. The molecule has 0 unspecified atom stereocenters. The Kier molecular flexibility index (Phi) is 3.68. The van der Waals surface area contributed by atoms with Gasteiger partial charge >= 0.3 is 12.1 Å². The molecule has 1 saturated carbocycles. The molecule has 1 aliphatic rings. The zero-order valence-electron chi connectivity index (χ0n) is 10.0. The number of carboxylic acids is 1. The third-order valence-corrected chi connectivity index (χ3v) is 3.24. The Morgan fingerprint density at radius 3 is 2.53 bits per heavy atom. The standard InChI is InChI=1S/C13H13F3O3/c14-13(15,16)11-6-9(4-5-10(11)12(17)18)19-7-8-2-1-3-8/h4-6,8H,1-3,7H2,(H,17,18). The topological polar surface area (TPSA) is 46.5 Å². The van der Waals surface area contributed by atoms with Crippen molar-refractivity contribution < 1.29 is 27.8 Å². The van der Waals surface area contributed by atoms with Crippen LogP contribution in [0.15, 0.2) is 18.2 Å². The van der Waals surface area contributed by atoms with E-state index >= 15 is 0 Å². The number of aromatic carboxylic acids is 1. The van der Waals surface area contributed by atoms with Gasteiger partial charge in [-0.15, -0.1) is 0 Å². The summed E-state index contributed by atoms with van der Waals surface area (Å²) in [7, 11) is 0. The highest BCUT2D eigenvalue weighted by atomic mass is 19.4. The monoisotopic (exact) mass is 274 g/mol. The highest BCUT2D eigenvalue weighted by molar-refractivity contribution is 5.89. The second-order valence-corrected chi connectivity index (χ2v) is 4.62. The van der Waals surface area contributed by atoms with Gasteiger partial charge in [0.25, 0.3) is 0 Å². The number of hydrogen-bond acceptors (Lipinski definition) is 2. The molecular formula is C13H13F3O3. The summed E-state index contributed by atoms with van der Waals surface area (Å²) in [6.07, 6.45) is -1.53. The molecule has 0 saturated heterocycles. The molecule has 1 aromatic carbocycles. The van der Waals surface area contributed by atoms with Crippen LogP contribution in [0.4, 0.5) is 13.2 Å². The molecule has 0 atom stereocenters. The molecule has 2 rings (SSSR count). The zero-order chi connectivity index (χ0) is 14.0. The third kappa shape index (κ3) is 3.19. The molecule has 1 aromatic rings. The number of hydrogen-bond donors (Lipinski definition) is 1. The van der Waals surface area contributed by atoms with Crippen LogP contribution in [0.1, 0.15) is 35.2 Å².